The Labute approximate surface area is 219 Å². The molecule has 4 rings (SSSR count). The normalized spacial score (nSPS) is 14.8. The number of carbonyl (C=O) groups excluding carboxylic acids is 4. The van der Waals surface area contributed by atoms with E-state index in [4.69, 9.17) is 0 Å². The van der Waals surface area contributed by atoms with Gasteiger partial charge in [0.15, 0.2) is 0 Å². The number of hydrogen-bond acceptors (Lipinski definition) is 5. The molecule has 2 aliphatic rings. The van der Waals surface area contributed by atoms with Crippen molar-refractivity contribution in [1.29, 1.82) is 0 Å². The van der Waals surface area contributed by atoms with Crippen molar-refractivity contribution in [2.45, 2.75) is 71.1 Å². The molecule has 37 heavy (non-hydrogen) atoms. The van der Waals surface area contributed by atoms with Crippen LogP contribution in [0.25, 0.3) is 0 Å². The lowest BCUT2D eigenvalue weighted by Crippen LogP contribution is -2.48. The Kier molecular flexibility index (Phi) is 9.23. The molecule has 4 amide bonds. The summed E-state index contributed by atoms with van der Waals surface area (Å²) in [4.78, 5) is 56.2. The molecule has 7 heteroatoms. The van der Waals surface area contributed by atoms with Crippen LogP contribution >= 0.6 is 0 Å². The molecule has 2 aromatic rings. The Morgan fingerprint density at radius 2 is 0.838 bits per heavy atom. The molecule has 0 bridgehead atoms. The highest BCUT2D eigenvalue weighted by Gasteiger charge is 2.39. The van der Waals surface area contributed by atoms with E-state index in [1.807, 2.05) is 4.90 Å². The first-order chi connectivity index (χ1) is 18.0. The summed E-state index contributed by atoms with van der Waals surface area (Å²) in [6, 6.07) is 13.6. The second-order valence-corrected chi connectivity index (χ2v) is 10.0. The van der Waals surface area contributed by atoms with Crippen LogP contribution in [0, 0.1) is 0 Å². The SMILES string of the molecule is CCCCCCCCCCCCN(CN1C(=O)c2ccccc2C1=O)CN1C(=O)c2ccccc2C1=O. The number of nitrogens with zero attached hydrogens (tertiary/aromatic N) is 3. The van der Waals surface area contributed by atoms with Crippen LogP contribution in [0.3, 0.4) is 0 Å². The van der Waals surface area contributed by atoms with Crippen LogP contribution in [0.15, 0.2) is 48.5 Å². The molecule has 2 aromatic carbocycles. The predicted molar refractivity (Wildman–Crippen MR) is 142 cm³/mol. The highest BCUT2D eigenvalue weighted by atomic mass is 16.2. The molecule has 0 saturated heterocycles. The molecule has 0 radical (unpaired) electrons. The van der Waals surface area contributed by atoms with Crippen molar-refractivity contribution < 1.29 is 19.2 Å². The van der Waals surface area contributed by atoms with Gasteiger partial charge in [0.25, 0.3) is 23.6 Å². The second kappa shape index (κ2) is 12.8. The minimum Gasteiger partial charge on any atom is -0.269 e. The zero-order valence-corrected chi connectivity index (χ0v) is 21.8. The fourth-order valence-corrected chi connectivity index (χ4v) is 5.14. The molecule has 0 unspecified atom stereocenters. The van der Waals surface area contributed by atoms with Crippen molar-refractivity contribution in [3.05, 3.63) is 70.8 Å². The summed E-state index contributed by atoms with van der Waals surface area (Å²) in [7, 11) is 0. The summed E-state index contributed by atoms with van der Waals surface area (Å²) in [6.45, 7) is 2.89. The molecule has 0 aliphatic carbocycles. The molecule has 0 atom stereocenters. The summed E-state index contributed by atoms with van der Waals surface area (Å²) >= 11 is 0. The first kappa shape index (κ1) is 26.7. The zero-order valence-electron chi connectivity index (χ0n) is 21.8. The molecule has 0 saturated carbocycles. The van der Waals surface area contributed by atoms with Gasteiger partial charge in [0.05, 0.1) is 35.6 Å². The van der Waals surface area contributed by atoms with E-state index >= 15 is 0 Å². The summed E-state index contributed by atoms with van der Waals surface area (Å²) in [5.74, 6) is -1.35. The van der Waals surface area contributed by atoms with Crippen LogP contribution in [-0.4, -0.2) is 58.2 Å². The van der Waals surface area contributed by atoms with Gasteiger partial charge in [-0.15, -0.1) is 0 Å². The topological polar surface area (TPSA) is 78.0 Å². The number of imide groups is 2. The fourth-order valence-electron chi connectivity index (χ4n) is 5.14. The van der Waals surface area contributed by atoms with Gasteiger partial charge in [0.1, 0.15) is 0 Å². The van der Waals surface area contributed by atoms with E-state index in [0.29, 0.717) is 28.8 Å². The van der Waals surface area contributed by atoms with Gasteiger partial charge in [-0.3, -0.25) is 33.9 Å². The number of rotatable bonds is 15. The first-order valence-corrected chi connectivity index (χ1v) is 13.7. The summed E-state index contributed by atoms with van der Waals surface area (Å²) in [6.07, 6.45) is 11.9. The first-order valence-electron chi connectivity index (χ1n) is 13.7. The Morgan fingerprint density at radius 3 is 1.19 bits per heavy atom. The molecular weight excluding hydrogens is 466 g/mol. The standard InChI is InChI=1S/C30H37N3O4/c1-2-3-4-5-6-7-8-9-10-15-20-31(21-32-27(34)23-16-11-12-17-24(23)28(32)35)22-33-29(36)25-18-13-14-19-26(25)30(33)37/h11-14,16-19H,2-10,15,20-22H2,1H3. The minimum atomic E-state index is -0.337. The molecule has 0 fully saturated rings. The summed E-state index contributed by atoms with van der Waals surface area (Å²) < 4.78 is 0. The van der Waals surface area contributed by atoms with E-state index in [-0.39, 0.29) is 37.0 Å². The number of amides is 4. The van der Waals surface area contributed by atoms with Crippen LogP contribution in [0.4, 0.5) is 0 Å². The zero-order chi connectivity index (χ0) is 26.2. The molecule has 2 aliphatic heterocycles. The van der Waals surface area contributed by atoms with E-state index in [1.54, 1.807) is 48.5 Å². The van der Waals surface area contributed by atoms with E-state index < -0.39 is 0 Å². The maximum atomic E-state index is 13.0. The summed E-state index contributed by atoms with van der Waals surface area (Å²) in [5, 5.41) is 0. The second-order valence-electron chi connectivity index (χ2n) is 10.0. The van der Waals surface area contributed by atoms with Crippen LogP contribution < -0.4 is 0 Å². The van der Waals surface area contributed by atoms with Crippen molar-refractivity contribution >= 4 is 23.6 Å². The Balaban J connectivity index is 1.35. The third-order valence-electron chi connectivity index (χ3n) is 7.27. The average Bonchev–Trinajstić information content (AvgIpc) is 3.30. The van der Waals surface area contributed by atoms with Crippen molar-refractivity contribution in [1.82, 2.24) is 14.7 Å². The van der Waals surface area contributed by atoms with Crippen LogP contribution in [0.5, 0.6) is 0 Å². The lowest BCUT2D eigenvalue weighted by molar-refractivity contribution is 0.0393. The number of fused-ring (bicyclic) bond motifs is 2. The highest BCUT2D eigenvalue weighted by Crippen LogP contribution is 2.25. The van der Waals surface area contributed by atoms with Crippen molar-refractivity contribution in [3.8, 4) is 0 Å². The molecule has 0 aromatic heterocycles. The minimum absolute atomic E-state index is 0.0389. The van der Waals surface area contributed by atoms with E-state index in [0.717, 1.165) is 19.3 Å². The molecule has 0 N–H and O–H groups in total. The third kappa shape index (κ3) is 6.16. The number of unbranched alkanes of at least 4 members (excludes halogenated alkanes) is 9. The van der Waals surface area contributed by atoms with Crippen LogP contribution in [-0.2, 0) is 0 Å². The smallest absolute Gasteiger partial charge is 0.262 e. The van der Waals surface area contributed by atoms with Gasteiger partial charge in [-0.05, 0) is 30.7 Å². The van der Waals surface area contributed by atoms with Crippen molar-refractivity contribution in [2.75, 3.05) is 19.9 Å². The quantitative estimate of drug-likeness (QED) is 0.230. The Hall–Kier alpha value is -3.32. The van der Waals surface area contributed by atoms with Gasteiger partial charge in [-0.2, -0.15) is 0 Å². The summed E-state index contributed by atoms with van der Waals surface area (Å²) in [5.41, 5.74) is 1.58. The van der Waals surface area contributed by atoms with E-state index in [2.05, 4.69) is 6.92 Å². The van der Waals surface area contributed by atoms with Crippen molar-refractivity contribution in [3.63, 3.8) is 0 Å². The number of carbonyl (C=O) groups is 4. The maximum Gasteiger partial charge on any atom is 0.262 e. The molecule has 7 nitrogen and oxygen atoms in total. The third-order valence-corrected chi connectivity index (χ3v) is 7.27. The Bertz CT molecular complexity index is 998. The fraction of sp³-hybridized carbons (Fsp3) is 0.467. The predicted octanol–water partition coefficient (Wildman–Crippen LogP) is 5.72. The number of hydrogen-bond donors (Lipinski definition) is 0. The van der Waals surface area contributed by atoms with Crippen LogP contribution in [0.2, 0.25) is 0 Å². The van der Waals surface area contributed by atoms with Crippen molar-refractivity contribution in [2.24, 2.45) is 0 Å². The van der Waals surface area contributed by atoms with E-state index in [1.165, 1.54) is 54.7 Å². The van der Waals surface area contributed by atoms with Gasteiger partial charge in [0.2, 0.25) is 0 Å². The largest absolute Gasteiger partial charge is 0.269 e. The van der Waals surface area contributed by atoms with Gasteiger partial charge in [0, 0.05) is 6.54 Å². The van der Waals surface area contributed by atoms with E-state index in [9.17, 15) is 19.2 Å². The average molecular weight is 504 g/mol. The molecule has 196 valence electrons. The van der Waals surface area contributed by atoms with Gasteiger partial charge in [-0.1, -0.05) is 89.0 Å². The van der Waals surface area contributed by atoms with Gasteiger partial charge < -0.3 is 0 Å². The molecule has 2 heterocycles. The number of benzene rings is 2. The van der Waals surface area contributed by atoms with Gasteiger partial charge >= 0.3 is 0 Å². The van der Waals surface area contributed by atoms with Gasteiger partial charge in [-0.25, -0.2) is 0 Å². The Morgan fingerprint density at radius 1 is 0.514 bits per heavy atom. The van der Waals surface area contributed by atoms with Crippen LogP contribution in [0.1, 0.15) is 113 Å². The monoisotopic (exact) mass is 503 g/mol. The highest BCUT2D eigenvalue weighted by molar-refractivity contribution is 6.22. The maximum absolute atomic E-state index is 13.0. The molecule has 0 spiro atoms. The molecular formula is C30H37N3O4. The lowest BCUT2D eigenvalue weighted by Gasteiger charge is -2.29. The lowest BCUT2D eigenvalue weighted by atomic mass is 10.1.